The standard InChI is InChI=1S/C25H26ClN7O3/c1-3-4-5-22-27-14-21(32(22)15-17-6-10-19(11-7-17)24(35)36-2)23(34)33(25-28-30-31-29-25)16-18-8-12-20(26)13-9-18/h6-14H,3-5,15-16H2,1-2H3,(H,28,29,30,31). The summed E-state index contributed by atoms with van der Waals surface area (Å²) in [5.74, 6) is 0.242. The van der Waals surface area contributed by atoms with Crippen LogP contribution in [0.25, 0.3) is 0 Å². The number of methoxy groups -OCH3 is 1. The first-order valence-electron chi connectivity index (χ1n) is 11.5. The van der Waals surface area contributed by atoms with Crippen LogP contribution in [0, 0.1) is 0 Å². The molecule has 0 radical (unpaired) electrons. The maximum Gasteiger partial charge on any atom is 0.337 e. The van der Waals surface area contributed by atoms with E-state index in [1.165, 1.54) is 12.0 Å². The molecule has 186 valence electrons. The van der Waals surface area contributed by atoms with Crippen molar-refractivity contribution >= 4 is 29.4 Å². The van der Waals surface area contributed by atoms with Crippen molar-refractivity contribution < 1.29 is 14.3 Å². The third kappa shape index (κ3) is 5.77. The van der Waals surface area contributed by atoms with Crippen molar-refractivity contribution in [3.63, 3.8) is 0 Å². The highest BCUT2D eigenvalue weighted by Gasteiger charge is 2.26. The Bertz CT molecular complexity index is 1300. The van der Waals surface area contributed by atoms with Gasteiger partial charge in [-0.1, -0.05) is 54.3 Å². The lowest BCUT2D eigenvalue weighted by molar-refractivity contribution is 0.0600. The number of hydrogen-bond donors (Lipinski definition) is 1. The van der Waals surface area contributed by atoms with Crippen molar-refractivity contribution in [1.29, 1.82) is 0 Å². The fourth-order valence-electron chi connectivity index (χ4n) is 3.76. The van der Waals surface area contributed by atoms with Crippen molar-refractivity contribution in [3.8, 4) is 0 Å². The lowest BCUT2D eigenvalue weighted by Gasteiger charge is -2.20. The molecule has 0 aliphatic carbocycles. The summed E-state index contributed by atoms with van der Waals surface area (Å²) < 4.78 is 6.68. The minimum Gasteiger partial charge on any atom is -0.465 e. The van der Waals surface area contributed by atoms with E-state index < -0.39 is 5.97 Å². The van der Waals surface area contributed by atoms with Gasteiger partial charge in [-0.2, -0.15) is 5.21 Å². The number of nitrogens with zero attached hydrogens (tertiary/aromatic N) is 6. The minimum atomic E-state index is -0.401. The van der Waals surface area contributed by atoms with Crippen LogP contribution in [0.3, 0.4) is 0 Å². The van der Waals surface area contributed by atoms with E-state index in [9.17, 15) is 9.59 Å². The lowest BCUT2D eigenvalue weighted by atomic mass is 10.1. The number of halogens is 1. The SMILES string of the molecule is CCCCc1ncc(C(=O)N(Cc2ccc(Cl)cc2)c2nn[nH]n2)n1Cc1ccc(C(=O)OC)cc1. The number of carbonyl (C=O) groups is 2. The van der Waals surface area contributed by atoms with E-state index in [-0.39, 0.29) is 18.4 Å². The van der Waals surface area contributed by atoms with E-state index in [1.54, 1.807) is 30.5 Å². The molecular weight excluding hydrogens is 482 g/mol. The molecule has 0 spiro atoms. The van der Waals surface area contributed by atoms with Crippen LogP contribution in [0.1, 0.15) is 57.6 Å². The Balaban J connectivity index is 1.67. The summed E-state index contributed by atoms with van der Waals surface area (Å²) in [4.78, 5) is 31.7. The summed E-state index contributed by atoms with van der Waals surface area (Å²) in [5.41, 5.74) is 2.63. The third-order valence-corrected chi connectivity index (χ3v) is 5.95. The van der Waals surface area contributed by atoms with Gasteiger partial charge < -0.3 is 9.30 Å². The molecule has 10 nitrogen and oxygen atoms in total. The number of tetrazole rings is 1. The summed E-state index contributed by atoms with van der Waals surface area (Å²) in [6.07, 6.45) is 4.25. The number of amides is 1. The van der Waals surface area contributed by atoms with Crippen LogP contribution in [0.2, 0.25) is 5.02 Å². The van der Waals surface area contributed by atoms with Crippen molar-refractivity contribution in [3.05, 3.63) is 88.0 Å². The number of aromatic nitrogens is 6. The molecule has 2 aromatic carbocycles. The number of ether oxygens (including phenoxy) is 1. The average molecular weight is 508 g/mol. The molecule has 1 N–H and O–H groups in total. The maximum atomic E-state index is 13.9. The highest BCUT2D eigenvalue weighted by atomic mass is 35.5. The van der Waals surface area contributed by atoms with Crippen LogP contribution in [-0.2, 0) is 24.2 Å². The maximum absolute atomic E-state index is 13.9. The van der Waals surface area contributed by atoms with Gasteiger partial charge in [0.25, 0.3) is 11.9 Å². The number of aryl methyl sites for hydroxylation is 1. The van der Waals surface area contributed by atoms with Gasteiger partial charge in [0, 0.05) is 18.0 Å². The van der Waals surface area contributed by atoms with Crippen LogP contribution in [0.5, 0.6) is 0 Å². The Morgan fingerprint density at radius 1 is 1.08 bits per heavy atom. The van der Waals surface area contributed by atoms with Gasteiger partial charge in [-0.25, -0.2) is 9.78 Å². The zero-order valence-corrected chi connectivity index (χ0v) is 20.8. The van der Waals surface area contributed by atoms with Crippen molar-refractivity contribution in [1.82, 2.24) is 30.2 Å². The minimum absolute atomic E-state index is 0.153. The van der Waals surface area contributed by atoms with E-state index in [0.717, 1.165) is 36.2 Å². The number of benzene rings is 2. The summed E-state index contributed by atoms with van der Waals surface area (Å²) in [6.45, 7) is 2.73. The van der Waals surface area contributed by atoms with E-state index >= 15 is 0 Å². The van der Waals surface area contributed by atoms with Gasteiger partial charge in [0.2, 0.25) is 0 Å². The molecule has 4 aromatic rings. The molecule has 0 bridgehead atoms. The smallest absolute Gasteiger partial charge is 0.337 e. The lowest BCUT2D eigenvalue weighted by Crippen LogP contribution is -2.33. The summed E-state index contributed by atoms with van der Waals surface area (Å²) >= 11 is 6.03. The van der Waals surface area contributed by atoms with Gasteiger partial charge in [0.15, 0.2) is 0 Å². The van der Waals surface area contributed by atoms with Crippen LogP contribution >= 0.6 is 11.6 Å². The van der Waals surface area contributed by atoms with Crippen molar-refractivity contribution in [2.75, 3.05) is 12.0 Å². The second-order valence-corrected chi connectivity index (χ2v) is 8.60. The van der Waals surface area contributed by atoms with Gasteiger partial charge in [-0.3, -0.25) is 9.69 Å². The fraction of sp³-hybridized carbons (Fsp3) is 0.280. The molecule has 0 fully saturated rings. The molecule has 2 heterocycles. The van der Waals surface area contributed by atoms with Crippen LogP contribution in [0.15, 0.2) is 54.7 Å². The first-order valence-corrected chi connectivity index (χ1v) is 11.9. The number of nitrogens with one attached hydrogen (secondary N) is 1. The monoisotopic (exact) mass is 507 g/mol. The Kier molecular flexibility index (Phi) is 8.06. The third-order valence-electron chi connectivity index (χ3n) is 5.70. The molecule has 0 atom stereocenters. The van der Waals surface area contributed by atoms with Crippen LogP contribution in [0.4, 0.5) is 5.95 Å². The zero-order valence-electron chi connectivity index (χ0n) is 20.0. The van der Waals surface area contributed by atoms with E-state index in [1.807, 2.05) is 28.8 Å². The van der Waals surface area contributed by atoms with Crippen LogP contribution < -0.4 is 4.90 Å². The van der Waals surface area contributed by atoms with E-state index in [0.29, 0.717) is 22.8 Å². The Hall–Kier alpha value is -4.05. The number of rotatable bonds is 10. The number of esters is 1. The molecule has 1 amide bonds. The highest BCUT2D eigenvalue weighted by Crippen LogP contribution is 2.20. The number of hydrogen-bond acceptors (Lipinski definition) is 7. The van der Waals surface area contributed by atoms with Gasteiger partial charge in [-0.15, -0.1) is 5.10 Å². The molecule has 0 aliphatic rings. The Morgan fingerprint density at radius 3 is 2.44 bits per heavy atom. The number of anilines is 1. The summed E-state index contributed by atoms with van der Waals surface area (Å²) in [5, 5.41) is 14.7. The second-order valence-electron chi connectivity index (χ2n) is 8.17. The molecule has 4 rings (SSSR count). The topological polar surface area (TPSA) is 119 Å². The largest absolute Gasteiger partial charge is 0.465 e. The van der Waals surface area contributed by atoms with Gasteiger partial charge in [0.05, 0.1) is 25.4 Å². The molecule has 0 unspecified atom stereocenters. The van der Waals surface area contributed by atoms with Gasteiger partial charge in [-0.05, 0) is 47.0 Å². The molecule has 36 heavy (non-hydrogen) atoms. The Labute approximate surface area is 213 Å². The average Bonchev–Trinajstić information content (AvgIpc) is 3.57. The summed E-state index contributed by atoms with van der Waals surface area (Å²) in [6, 6.07) is 14.3. The predicted molar refractivity (Wildman–Crippen MR) is 134 cm³/mol. The number of aromatic amines is 1. The van der Waals surface area contributed by atoms with Crippen LogP contribution in [-0.4, -0.2) is 49.2 Å². The highest BCUT2D eigenvalue weighted by molar-refractivity contribution is 6.30. The number of unbranched alkanes of at least 4 members (excludes halogenated alkanes) is 1. The van der Waals surface area contributed by atoms with Gasteiger partial charge in [0.1, 0.15) is 11.5 Å². The first-order chi connectivity index (χ1) is 17.5. The molecule has 0 saturated carbocycles. The van der Waals surface area contributed by atoms with E-state index in [4.69, 9.17) is 16.3 Å². The molecule has 2 aromatic heterocycles. The molecular formula is C25H26ClN7O3. The Morgan fingerprint density at radius 2 is 1.81 bits per heavy atom. The number of H-pyrrole nitrogens is 1. The normalized spacial score (nSPS) is 10.9. The second kappa shape index (κ2) is 11.6. The molecule has 11 heteroatoms. The zero-order chi connectivity index (χ0) is 25.5. The predicted octanol–water partition coefficient (Wildman–Crippen LogP) is 4.07. The van der Waals surface area contributed by atoms with Crippen molar-refractivity contribution in [2.24, 2.45) is 0 Å². The molecule has 0 saturated heterocycles. The number of carbonyl (C=O) groups excluding carboxylic acids is 2. The molecule has 0 aliphatic heterocycles. The first kappa shape index (κ1) is 25.1. The van der Waals surface area contributed by atoms with Gasteiger partial charge >= 0.3 is 5.97 Å². The van der Waals surface area contributed by atoms with Crippen molar-refractivity contribution in [2.45, 2.75) is 39.3 Å². The van der Waals surface area contributed by atoms with E-state index in [2.05, 4.69) is 32.5 Å². The number of imidazole rings is 1. The fourth-order valence-corrected chi connectivity index (χ4v) is 3.88. The quantitative estimate of drug-likeness (QED) is 0.321. The summed E-state index contributed by atoms with van der Waals surface area (Å²) in [7, 11) is 1.35.